The number of hydrogen-bond donors (Lipinski definition) is 1. The average molecular weight is 468 g/mol. The Hall–Kier alpha value is -3.01. The van der Waals surface area contributed by atoms with E-state index in [2.05, 4.69) is 5.32 Å². The maximum absolute atomic E-state index is 14.3. The predicted molar refractivity (Wildman–Crippen MR) is 118 cm³/mol. The predicted octanol–water partition coefficient (Wildman–Crippen LogP) is 2.67. The number of carbonyl (C=O) groups excluding carboxylic acids is 2. The highest BCUT2D eigenvalue weighted by molar-refractivity contribution is 7.92. The molecule has 0 radical (unpaired) electrons. The van der Waals surface area contributed by atoms with Crippen LogP contribution in [0.15, 0.2) is 48.5 Å². The van der Waals surface area contributed by atoms with Gasteiger partial charge in [-0.1, -0.05) is 18.2 Å². The molecule has 2 aromatic carbocycles. The summed E-state index contributed by atoms with van der Waals surface area (Å²) in [5.41, 5.74) is 0.269. The number of carbonyl (C=O) groups is 2. The quantitative estimate of drug-likeness (QED) is 0.614. The van der Waals surface area contributed by atoms with Crippen LogP contribution in [0.4, 0.5) is 14.5 Å². The van der Waals surface area contributed by atoms with E-state index in [1.54, 1.807) is 19.9 Å². The van der Waals surface area contributed by atoms with Crippen molar-refractivity contribution in [1.82, 2.24) is 10.2 Å². The highest BCUT2D eigenvalue weighted by Crippen LogP contribution is 2.20. The molecule has 32 heavy (non-hydrogen) atoms. The Morgan fingerprint density at radius 1 is 1.00 bits per heavy atom. The van der Waals surface area contributed by atoms with Gasteiger partial charge in [0.25, 0.3) is 0 Å². The Balaban J connectivity index is 2.39. The van der Waals surface area contributed by atoms with Gasteiger partial charge in [0.15, 0.2) is 0 Å². The SMILES string of the molecule is CC(C)NC(=O)[C@H](C)N(Cc1ccccc1F)C(=O)CN(c1ccc(F)cc1)S(C)(=O)=O. The van der Waals surface area contributed by atoms with Crippen LogP contribution in [0.1, 0.15) is 26.3 Å². The second-order valence-electron chi connectivity index (χ2n) is 7.70. The Morgan fingerprint density at radius 2 is 1.59 bits per heavy atom. The molecule has 2 rings (SSSR count). The summed E-state index contributed by atoms with van der Waals surface area (Å²) in [6.45, 7) is 4.12. The van der Waals surface area contributed by atoms with E-state index < -0.39 is 46.1 Å². The molecule has 0 aliphatic rings. The molecule has 0 heterocycles. The van der Waals surface area contributed by atoms with Crippen molar-refractivity contribution in [3.8, 4) is 0 Å². The van der Waals surface area contributed by atoms with Crippen LogP contribution >= 0.6 is 0 Å². The summed E-state index contributed by atoms with van der Waals surface area (Å²) >= 11 is 0. The molecule has 2 aromatic rings. The summed E-state index contributed by atoms with van der Waals surface area (Å²) in [5.74, 6) is -2.29. The summed E-state index contributed by atoms with van der Waals surface area (Å²) in [6, 6.07) is 9.25. The van der Waals surface area contributed by atoms with Crippen molar-refractivity contribution < 1.29 is 26.8 Å². The highest BCUT2D eigenvalue weighted by atomic mass is 32.2. The fourth-order valence-corrected chi connectivity index (χ4v) is 3.87. The summed E-state index contributed by atoms with van der Waals surface area (Å²) < 4.78 is 53.1. The minimum atomic E-state index is -3.92. The second-order valence-corrected chi connectivity index (χ2v) is 9.61. The molecule has 1 N–H and O–H groups in total. The van der Waals surface area contributed by atoms with Gasteiger partial charge in [-0.2, -0.15) is 0 Å². The summed E-state index contributed by atoms with van der Waals surface area (Å²) in [4.78, 5) is 26.9. The summed E-state index contributed by atoms with van der Waals surface area (Å²) in [6.07, 6.45) is 0.916. The van der Waals surface area contributed by atoms with Crippen molar-refractivity contribution in [2.45, 2.75) is 39.4 Å². The van der Waals surface area contributed by atoms with Crippen LogP contribution in [0, 0.1) is 11.6 Å². The number of rotatable bonds is 9. The standard InChI is InChI=1S/C22H27F2N3O4S/c1-15(2)25-22(29)16(3)26(13-17-7-5-6-8-20(17)24)21(28)14-27(32(4,30)31)19-11-9-18(23)10-12-19/h5-12,15-16H,13-14H2,1-4H3,(H,25,29)/t16-/m0/s1. The lowest BCUT2D eigenvalue weighted by atomic mass is 10.1. The molecule has 0 bridgehead atoms. The molecule has 0 aliphatic carbocycles. The molecule has 174 valence electrons. The zero-order chi connectivity index (χ0) is 24.1. The van der Waals surface area contributed by atoms with Crippen molar-refractivity contribution >= 4 is 27.5 Å². The van der Waals surface area contributed by atoms with Crippen molar-refractivity contribution in [1.29, 1.82) is 0 Å². The fraction of sp³-hybridized carbons (Fsp3) is 0.364. The molecule has 0 aliphatic heterocycles. The van der Waals surface area contributed by atoms with E-state index in [9.17, 15) is 26.8 Å². The lowest BCUT2D eigenvalue weighted by Crippen LogP contribution is -2.52. The lowest BCUT2D eigenvalue weighted by Gasteiger charge is -2.32. The number of benzene rings is 2. The lowest BCUT2D eigenvalue weighted by molar-refractivity contribution is -0.139. The smallest absolute Gasteiger partial charge is 0.244 e. The minimum Gasteiger partial charge on any atom is -0.352 e. The third kappa shape index (κ3) is 6.74. The van der Waals surface area contributed by atoms with Gasteiger partial charge in [0, 0.05) is 18.2 Å². The number of anilines is 1. The van der Waals surface area contributed by atoms with E-state index in [1.807, 2.05) is 0 Å². The summed E-state index contributed by atoms with van der Waals surface area (Å²) in [5, 5.41) is 2.70. The molecule has 0 aromatic heterocycles. The molecule has 7 nitrogen and oxygen atoms in total. The van der Waals surface area contributed by atoms with Crippen LogP contribution in [0.3, 0.4) is 0 Å². The van der Waals surface area contributed by atoms with Crippen molar-refractivity contribution in [3.05, 3.63) is 65.7 Å². The van der Waals surface area contributed by atoms with Crippen LogP contribution < -0.4 is 9.62 Å². The third-order valence-electron chi connectivity index (χ3n) is 4.69. The van der Waals surface area contributed by atoms with Gasteiger partial charge in [-0.15, -0.1) is 0 Å². The Bertz CT molecular complexity index is 1060. The normalized spacial score (nSPS) is 12.3. The van der Waals surface area contributed by atoms with Gasteiger partial charge in [-0.05, 0) is 51.1 Å². The first-order valence-electron chi connectivity index (χ1n) is 9.96. The molecule has 1 atom stereocenters. The third-order valence-corrected chi connectivity index (χ3v) is 5.83. The number of amides is 2. The fourth-order valence-electron chi connectivity index (χ4n) is 3.02. The number of nitrogens with zero attached hydrogens (tertiary/aromatic N) is 2. The van der Waals surface area contributed by atoms with Crippen LogP contribution in [0.2, 0.25) is 0 Å². The van der Waals surface area contributed by atoms with E-state index in [-0.39, 0.29) is 23.8 Å². The van der Waals surface area contributed by atoms with Gasteiger partial charge < -0.3 is 10.2 Å². The number of nitrogens with one attached hydrogen (secondary N) is 1. The van der Waals surface area contributed by atoms with Gasteiger partial charge in [0.1, 0.15) is 24.2 Å². The zero-order valence-electron chi connectivity index (χ0n) is 18.4. The van der Waals surface area contributed by atoms with Crippen molar-refractivity contribution in [2.75, 3.05) is 17.1 Å². The minimum absolute atomic E-state index is 0.0902. The molecule has 0 saturated heterocycles. The molecular formula is C22H27F2N3O4S. The molecule has 0 unspecified atom stereocenters. The van der Waals surface area contributed by atoms with Crippen LogP contribution in [0.5, 0.6) is 0 Å². The highest BCUT2D eigenvalue weighted by Gasteiger charge is 2.30. The maximum atomic E-state index is 14.3. The van der Waals surface area contributed by atoms with Crippen LogP contribution in [0.25, 0.3) is 0 Å². The topological polar surface area (TPSA) is 86.8 Å². The van der Waals surface area contributed by atoms with Gasteiger partial charge in [-0.25, -0.2) is 17.2 Å². The summed E-state index contributed by atoms with van der Waals surface area (Å²) in [7, 11) is -3.92. The first-order valence-corrected chi connectivity index (χ1v) is 11.8. The van der Waals surface area contributed by atoms with E-state index >= 15 is 0 Å². The van der Waals surface area contributed by atoms with E-state index in [0.717, 1.165) is 27.6 Å². The molecule has 0 fully saturated rings. The van der Waals surface area contributed by atoms with E-state index in [4.69, 9.17) is 0 Å². The first kappa shape index (κ1) is 25.3. The zero-order valence-corrected chi connectivity index (χ0v) is 19.2. The Kier molecular flexibility index (Phi) is 8.31. The molecular weight excluding hydrogens is 440 g/mol. The van der Waals surface area contributed by atoms with Crippen LogP contribution in [-0.4, -0.2) is 50.0 Å². The van der Waals surface area contributed by atoms with Gasteiger partial charge >= 0.3 is 0 Å². The molecule has 0 spiro atoms. The maximum Gasteiger partial charge on any atom is 0.244 e. The van der Waals surface area contributed by atoms with Gasteiger partial charge in [0.05, 0.1) is 11.9 Å². The molecule has 0 saturated carbocycles. The van der Waals surface area contributed by atoms with Gasteiger partial charge in [0.2, 0.25) is 21.8 Å². The first-order chi connectivity index (χ1) is 14.9. The second kappa shape index (κ2) is 10.5. The van der Waals surface area contributed by atoms with Crippen molar-refractivity contribution in [3.63, 3.8) is 0 Å². The molecule has 2 amide bonds. The van der Waals surface area contributed by atoms with Gasteiger partial charge in [-0.3, -0.25) is 13.9 Å². The number of sulfonamides is 1. The average Bonchev–Trinajstić information content (AvgIpc) is 2.70. The number of halogens is 2. The van der Waals surface area contributed by atoms with E-state index in [1.165, 1.54) is 37.3 Å². The van der Waals surface area contributed by atoms with Crippen LogP contribution in [-0.2, 0) is 26.2 Å². The Labute approximate surface area is 187 Å². The van der Waals surface area contributed by atoms with Crippen molar-refractivity contribution in [2.24, 2.45) is 0 Å². The largest absolute Gasteiger partial charge is 0.352 e. The Morgan fingerprint density at radius 3 is 2.12 bits per heavy atom. The molecule has 10 heteroatoms. The number of hydrogen-bond acceptors (Lipinski definition) is 4. The monoisotopic (exact) mass is 467 g/mol. The van der Waals surface area contributed by atoms with E-state index in [0.29, 0.717) is 0 Å².